The number of aromatic nitrogens is 5. The number of amides is 1. The van der Waals surface area contributed by atoms with E-state index >= 15 is 0 Å². The van der Waals surface area contributed by atoms with Gasteiger partial charge in [-0.2, -0.15) is 18.3 Å². The molecule has 178 valence electrons. The summed E-state index contributed by atoms with van der Waals surface area (Å²) in [5.41, 5.74) is -2.64. The molecule has 1 amide bonds. The normalized spacial score (nSPS) is 11.9. The monoisotopic (exact) mass is 496 g/mol. The van der Waals surface area contributed by atoms with Gasteiger partial charge in [-0.05, 0) is 12.1 Å². The first kappa shape index (κ1) is 23.4. The number of nitrogens with one attached hydrogen (secondary N) is 1. The lowest BCUT2D eigenvalue weighted by atomic mass is 10.1. The second-order valence-electron chi connectivity index (χ2n) is 7.40. The summed E-state index contributed by atoms with van der Waals surface area (Å²) in [6.45, 7) is 0. The fraction of sp³-hybridized carbons (Fsp3) is 0.250. The Morgan fingerprint density at radius 1 is 1.15 bits per heavy atom. The summed E-state index contributed by atoms with van der Waals surface area (Å²) in [7, 11) is 4.28. The maximum atomic E-state index is 14.4. The Kier molecular flexibility index (Phi) is 5.63. The number of nitrogens with zero attached hydrogens (tertiary/aromatic N) is 5. The van der Waals surface area contributed by atoms with Gasteiger partial charge >= 0.3 is 11.9 Å². The maximum absolute atomic E-state index is 14.4. The summed E-state index contributed by atoms with van der Waals surface area (Å²) >= 11 is 0.901. The topological polar surface area (TPSA) is 104 Å². The van der Waals surface area contributed by atoms with E-state index in [9.17, 15) is 31.9 Å². The molecule has 0 atom stereocenters. The molecule has 1 aromatic carbocycles. The molecule has 34 heavy (non-hydrogen) atoms. The van der Waals surface area contributed by atoms with Gasteiger partial charge in [0, 0.05) is 32.1 Å². The van der Waals surface area contributed by atoms with Crippen molar-refractivity contribution < 1.29 is 22.4 Å². The van der Waals surface area contributed by atoms with Crippen LogP contribution in [-0.4, -0.2) is 29.8 Å². The van der Waals surface area contributed by atoms with Crippen molar-refractivity contribution in [2.24, 2.45) is 21.1 Å². The molecule has 14 heteroatoms. The Morgan fingerprint density at radius 3 is 2.53 bits per heavy atom. The van der Waals surface area contributed by atoms with Crippen molar-refractivity contribution in [3.05, 3.63) is 61.5 Å². The van der Waals surface area contributed by atoms with Crippen molar-refractivity contribution in [1.82, 2.24) is 23.9 Å². The van der Waals surface area contributed by atoms with Crippen LogP contribution in [0.1, 0.15) is 11.3 Å². The van der Waals surface area contributed by atoms with Crippen LogP contribution in [-0.2, 0) is 38.5 Å². The molecule has 0 aliphatic heterocycles. The van der Waals surface area contributed by atoms with Crippen LogP contribution < -0.4 is 16.6 Å². The van der Waals surface area contributed by atoms with Crippen LogP contribution in [0.5, 0.6) is 0 Å². The van der Waals surface area contributed by atoms with Crippen LogP contribution in [0.4, 0.5) is 22.7 Å². The molecule has 0 aliphatic rings. The molecule has 0 saturated carbocycles. The Morgan fingerprint density at radius 2 is 1.85 bits per heavy atom. The van der Waals surface area contributed by atoms with Gasteiger partial charge in [0.2, 0.25) is 5.91 Å². The van der Waals surface area contributed by atoms with E-state index in [-0.39, 0.29) is 39.5 Å². The summed E-state index contributed by atoms with van der Waals surface area (Å²) in [6, 6.07) is 2.86. The number of fused-ring (bicyclic) bond motifs is 1. The molecular formula is C20H16F4N6O3S. The van der Waals surface area contributed by atoms with Crippen LogP contribution in [0.3, 0.4) is 0 Å². The number of aryl methyl sites for hydroxylation is 2. The molecule has 9 nitrogen and oxygen atoms in total. The van der Waals surface area contributed by atoms with Crippen molar-refractivity contribution in [2.45, 2.75) is 12.6 Å². The highest BCUT2D eigenvalue weighted by atomic mass is 32.1. The van der Waals surface area contributed by atoms with Crippen molar-refractivity contribution in [2.75, 3.05) is 5.32 Å². The van der Waals surface area contributed by atoms with E-state index in [0.717, 1.165) is 28.0 Å². The minimum Gasteiger partial charge on any atom is -0.302 e. The number of benzene rings is 1. The van der Waals surface area contributed by atoms with Crippen LogP contribution in [0.25, 0.3) is 22.3 Å². The fourth-order valence-electron chi connectivity index (χ4n) is 3.49. The van der Waals surface area contributed by atoms with E-state index in [1.54, 1.807) is 0 Å². The summed E-state index contributed by atoms with van der Waals surface area (Å²) < 4.78 is 56.7. The summed E-state index contributed by atoms with van der Waals surface area (Å²) in [6.07, 6.45) is -5.16. The highest BCUT2D eigenvalue weighted by Crippen LogP contribution is 2.36. The number of alkyl halides is 3. The van der Waals surface area contributed by atoms with Gasteiger partial charge in [0.25, 0.3) is 5.56 Å². The molecule has 0 saturated heterocycles. The molecule has 0 unspecified atom stereocenters. The van der Waals surface area contributed by atoms with Gasteiger partial charge in [0.1, 0.15) is 11.2 Å². The average Bonchev–Trinajstić information content (AvgIpc) is 3.34. The molecule has 0 aliphatic carbocycles. The summed E-state index contributed by atoms with van der Waals surface area (Å²) in [5.74, 6) is -2.05. The molecule has 3 aromatic heterocycles. The highest BCUT2D eigenvalue weighted by molar-refractivity contribution is 7.14. The van der Waals surface area contributed by atoms with E-state index < -0.39 is 34.7 Å². The third kappa shape index (κ3) is 3.89. The number of hydrogen-bond acceptors (Lipinski definition) is 6. The Labute approximate surface area is 191 Å². The fourth-order valence-corrected chi connectivity index (χ4v) is 4.22. The van der Waals surface area contributed by atoms with Crippen LogP contribution in [0.2, 0.25) is 0 Å². The zero-order valence-electron chi connectivity index (χ0n) is 17.9. The van der Waals surface area contributed by atoms with Gasteiger partial charge in [0.05, 0.1) is 23.4 Å². The smallest absolute Gasteiger partial charge is 0.302 e. The first-order valence-corrected chi connectivity index (χ1v) is 10.5. The lowest BCUT2D eigenvalue weighted by molar-refractivity contribution is -0.139. The van der Waals surface area contributed by atoms with Gasteiger partial charge in [-0.25, -0.2) is 14.2 Å². The predicted molar refractivity (Wildman–Crippen MR) is 116 cm³/mol. The number of anilines is 1. The molecule has 1 N–H and O–H groups in total. The molecule has 3 heterocycles. The van der Waals surface area contributed by atoms with E-state index in [1.165, 1.54) is 35.8 Å². The Bertz CT molecular complexity index is 1560. The molecule has 4 aromatic rings. The average molecular weight is 496 g/mol. The largest absolute Gasteiger partial charge is 0.419 e. The van der Waals surface area contributed by atoms with Crippen molar-refractivity contribution in [1.29, 1.82) is 0 Å². The number of rotatable bonds is 4. The maximum Gasteiger partial charge on any atom is 0.419 e. The van der Waals surface area contributed by atoms with E-state index in [0.29, 0.717) is 6.07 Å². The zero-order chi connectivity index (χ0) is 24.9. The van der Waals surface area contributed by atoms with Crippen molar-refractivity contribution in [3.63, 3.8) is 0 Å². The number of halogens is 4. The third-order valence-electron chi connectivity index (χ3n) is 5.22. The Hall–Kier alpha value is -3.81. The minimum absolute atomic E-state index is 0.0311. The number of carbonyl (C=O) groups excluding carboxylic acids is 1. The first-order valence-electron chi connectivity index (χ1n) is 9.63. The van der Waals surface area contributed by atoms with E-state index in [1.807, 2.05) is 0 Å². The molecular weight excluding hydrogens is 480 g/mol. The van der Waals surface area contributed by atoms with Crippen molar-refractivity contribution >= 4 is 33.4 Å². The van der Waals surface area contributed by atoms with E-state index in [2.05, 4.69) is 15.4 Å². The predicted octanol–water partition coefficient (Wildman–Crippen LogP) is 2.43. The second kappa shape index (κ2) is 8.20. The molecule has 0 spiro atoms. The highest BCUT2D eigenvalue weighted by Gasteiger charge is 2.35. The number of carbonyl (C=O) groups is 1. The van der Waals surface area contributed by atoms with Crippen LogP contribution in [0.15, 0.2) is 33.2 Å². The molecule has 0 bridgehead atoms. The third-order valence-corrected chi connectivity index (χ3v) is 5.97. The SMILES string of the molecule is Cn1nc2c(c1CC(=O)Nc1nc(-c3cccc(C(F)(F)F)c3F)cs1)c(=O)n(C)c(=O)n2C. The first-order chi connectivity index (χ1) is 15.9. The lowest BCUT2D eigenvalue weighted by Gasteiger charge is -2.09. The van der Waals surface area contributed by atoms with Gasteiger partial charge in [-0.3, -0.25) is 23.4 Å². The van der Waals surface area contributed by atoms with Gasteiger partial charge in [-0.15, -0.1) is 11.3 Å². The van der Waals surface area contributed by atoms with E-state index in [4.69, 9.17) is 0 Å². The molecule has 4 rings (SSSR count). The lowest BCUT2D eigenvalue weighted by Crippen LogP contribution is -2.37. The van der Waals surface area contributed by atoms with Gasteiger partial charge in [0.15, 0.2) is 10.8 Å². The Balaban J connectivity index is 1.61. The minimum atomic E-state index is -4.86. The van der Waals surface area contributed by atoms with Crippen molar-refractivity contribution in [3.8, 4) is 11.3 Å². The molecule has 0 fully saturated rings. The van der Waals surface area contributed by atoms with Gasteiger partial charge < -0.3 is 5.32 Å². The van der Waals surface area contributed by atoms with Gasteiger partial charge in [-0.1, -0.05) is 6.07 Å². The zero-order valence-corrected chi connectivity index (χ0v) is 18.7. The number of thiazole rings is 1. The summed E-state index contributed by atoms with van der Waals surface area (Å²) in [4.78, 5) is 41.4. The standard InChI is InChI=1S/C20H16F4N6O3S/c1-28-16-14(17(32)29(2)19(28)33)12(30(3)27-16)7-13(31)26-18-25-11(8-34-18)9-5-4-6-10(15(9)21)20(22,23)24/h4-6,8H,7H2,1-3H3,(H,25,26,31). The second-order valence-corrected chi connectivity index (χ2v) is 8.26. The van der Waals surface area contributed by atoms with Crippen LogP contribution in [0, 0.1) is 5.82 Å². The van der Waals surface area contributed by atoms with Crippen LogP contribution >= 0.6 is 11.3 Å². The number of hydrogen-bond donors (Lipinski definition) is 1. The summed E-state index contributed by atoms with van der Waals surface area (Å²) in [5, 5.41) is 8.10. The molecule has 0 radical (unpaired) electrons. The quantitative estimate of drug-likeness (QED) is 0.437.